The number of fused-ring (bicyclic) bond motifs is 1. The van der Waals surface area contributed by atoms with Gasteiger partial charge in [0.15, 0.2) is 6.61 Å². The highest BCUT2D eigenvalue weighted by Gasteiger charge is 2.17. The molecule has 1 N–H and O–H groups in total. The number of anilines is 1. The Balaban J connectivity index is 1.38. The molecule has 1 aromatic carbocycles. The Kier molecular flexibility index (Phi) is 6.11. The average Bonchev–Trinajstić information content (AvgIpc) is 3.27. The van der Waals surface area contributed by atoms with Crippen molar-refractivity contribution < 1.29 is 14.3 Å². The molecule has 0 aliphatic carbocycles. The molecule has 0 radical (unpaired) electrons. The van der Waals surface area contributed by atoms with E-state index in [2.05, 4.69) is 20.4 Å². The van der Waals surface area contributed by atoms with Gasteiger partial charge >= 0.3 is 0 Å². The smallest absolute Gasteiger partial charge is 0.274 e. The van der Waals surface area contributed by atoms with Crippen LogP contribution in [0.5, 0.6) is 5.75 Å². The summed E-state index contributed by atoms with van der Waals surface area (Å²) in [5, 5.41) is 7.00. The maximum absolute atomic E-state index is 12.7. The van der Waals surface area contributed by atoms with E-state index in [9.17, 15) is 9.59 Å². The zero-order valence-electron chi connectivity index (χ0n) is 17.7. The fraction of sp³-hybridized carbons (Fsp3) is 0.409. The van der Waals surface area contributed by atoms with Crippen molar-refractivity contribution in [3.8, 4) is 5.75 Å². The minimum absolute atomic E-state index is 0.00739. The van der Waals surface area contributed by atoms with Gasteiger partial charge in [-0.1, -0.05) is 13.8 Å². The van der Waals surface area contributed by atoms with Gasteiger partial charge in [0, 0.05) is 18.8 Å². The molecule has 2 aromatic heterocycles. The number of ether oxygens (including phenoxy) is 1. The van der Waals surface area contributed by atoms with Crippen LogP contribution < -0.4 is 10.1 Å². The maximum Gasteiger partial charge on any atom is 0.274 e. The lowest BCUT2D eigenvalue weighted by Crippen LogP contribution is -2.38. The van der Waals surface area contributed by atoms with Gasteiger partial charge in [-0.05, 0) is 55.5 Å². The summed E-state index contributed by atoms with van der Waals surface area (Å²) >= 11 is 0. The summed E-state index contributed by atoms with van der Waals surface area (Å²) < 4.78 is 7.25. The first-order valence-electron chi connectivity index (χ1n) is 10.5. The number of rotatable bonds is 6. The van der Waals surface area contributed by atoms with Crippen LogP contribution in [0.3, 0.4) is 0 Å². The summed E-state index contributed by atoms with van der Waals surface area (Å²) in [4.78, 5) is 35.2. The summed E-state index contributed by atoms with van der Waals surface area (Å²) in [6.07, 6.45) is 4.71. The topological polar surface area (TPSA) is 102 Å². The maximum atomic E-state index is 12.7. The highest BCUT2D eigenvalue weighted by atomic mass is 16.5. The van der Waals surface area contributed by atoms with E-state index in [4.69, 9.17) is 4.74 Å². The van der Waals surface area contributed by atoms with Crippen molar-refractivity contribution in [1.82, 2.24) is 24.5 Å². The second-order valence-electron chi connectivity index (χ2n) is 7.90. The molecule has 0 bridgehead atoms. The number of carbonyl (C=O) groups is 2. The number of hydrogen-bond donors (Lipinski definition) is 1. The average molecular weight is 422 g/mol. The minimum Gasteiger partial charge on any atom is -0.484 e. The van der Waals surface area contributed by atoms with Crippen molar-refractivity contribution in [3.63, 3.8) is 0 Å². The van der Waals surface area contributed by atoms with Gasteiger partial charge in [-0.15, -0.1) is 0 Å². The van der Waals surface area contributed by atoms with Crippen LogP contribution in [0, 0.1) is 0 Å². The standard InChI is InChI=1S/C22H26N6O3/c1-15(2)19-12-18(26-22-23-14-24-28(19)22)21(30)25-16-6-8-17(9-7-16)31-13-20(29)27-10-4-3-5-11-27/h6-9,12,14-15H,3-5,10-11,13H2,1-2H3,(H,25,30). The van der Waals surface area contributed by atoms with E-state index in [1.807, 2.05) is 18.7 Å². The molecule has 1 fully saturated rings. The fourth-order valence-electron chi connectivity index (χ4n) is 3.57. The number of nitrogens with zero attached hydrogens (tertiary/aromatic N) is 5. The SMILES string of the molecule is CC(C)c1cc(C(=O)Nc2ccc(OCC(=O)N3CCCCC3)cc2)nc2ncnn12. The molecule has 3 aromatic rings. The van der Waals surface area contributed by atoms with E-state index >= 15 is 0 Å². The predicted octanol–water partition coefficient (Wildman–Crippen LogP) is 2.89. The Labute approximate surface area is 180 Å². The van der Waals surface area contributed by atoms with Gasteiger partial charge in [0.25, 0.3) is 17.6 Å². The molecule has 0 spiro atoms. The van der Waals surface area contributed by atoms with Crippen molar-refractivity contribution in [2.24, 2.45) is 0 Å². The zero-order valence-corrected chi connectivity index (χ0v) is 17.7. The minimum atomic E-state index is -0.332. The largest absolute Gasteiger partial charge is 0.484 e. The fourth-order valence-corrected chi connectivity index (χ4v) is 3.57. The van der Waals surface area contributed by atoms with Gasteiger partial charge in [0.05, 0.1) is 5.69 Å². The van der Waals surface area contributed by atoms with Gasteiger partial charge in [0.1, 0.15) is 17.8 Å². The quantitative estimate of drug-likeness (QED) is 0.655. The van der Waals surface area contributed by atoms with Gasteiger partial charge in [-0.2, -0.15) is 10.1 Å². The van der Waals surface area contributed by atoms with Crippen LogP contribution in [0.25, 0.3) is 5.78 Å². The Morgan fingerprint density at radius 2 is 1.87 bits per heavy atom. The summed E-state index contributed by atoms with van der Waals surface area (Å²) in [5.41, 5.74) is 1.74. The molecule has 9 heteroatoms. The molecule has 1 saturated heterocycles. The van der Waals surface area contributed by atoms with Crippen LogP contribution in [0.2, 0.25) is 0 Å². The molecule has 3 heterocycles. The van der Waals surface area contributed by atoms with E-state index < -0.39 is 0 Å². The number of likely N-dealkylation sites (tertiary alicyclic amines) is 1. The van der Waals surface area contributed by atoms with Crippen molar-refractivity contribution in [2.45, 2.75) is 39.0 Å². The normalized spacial score (nSPS) is 14.1. The first-order valence-corrected chi connectivity index (χ1v) is 10.5. The molecule has 9 nitrogen and oxygen atoms in total. The van der Waals surface area contributed by atoms with Gasteiger partial charge < -0.3 is 15.0 Å². The van der Waals surface area contributed by atoms with E-state index in [1.54, 1.807) is 34.8 Å². The summed E-state index contributed by atoms with van der Waals surface area (Å²) in [6.45, 7) is 5.67. The second kappa shape index (κ2) is 9.11. The lowest BCUT2D eigenvalue weighted by atomic mass is 10.1. The second-order valence-corrected chi connectivity index (χ2v) is 7.90. The van der Waals surface area contributed by atoms with E-state index in [1.165, 1.54) is 12.7 Å². The Hall–Kier alpha value is -3.49. The van der Waals surface area contributed by atoms with Crippen LogP contribution in [-0.4, -0.2) is 56.0 Å². The van der Waals surface area contributed by atoms with Gasteiger partial charge in [-0.3, -0.25) is 9.59 Å². The van der Waals surface area contributed by atoms with E-state index in [0.29, 0.717) is 17.2 Å². The molecule has 4 rings (SSSR count). The van der Waals surface area contributed by atoms with Crippen LogP contribution in [0.4, 0.5) is 5.69 Å². The third-order valence-corrected chi connectivity index (χ3v) is 5.29. The number of benzene rings is 1. The van der Waals surface area contributed by atoms with Gasteiger partial charge in [-0.25, -0.2) is 9.50 Å². The van der Waals surface area contributed by atoms with Crippen LogP contribution in [0.15, 0.2) is 36.7 Å². The third kappa shape index (κ3) is 4.82. The summed E-state index contributed by atoms with van der Waals surface area (Å²) in [6, 6.07) is 8.65. The summed E-state index contributed by atoms with van der Waals surface area (Å²) in [7, 11) is 0. The van der Waals surface area contributed by atoms with Crippen LogP contribution >= 0.6 is 0 Å². The van der Waals surface area contributed by atoms with E-state index in [0.717, 1.165) is 31.6 Å². The molecule has 0 unspecified atom stereocenters. The lowest BCUT2D eigenvalue weighted by molar-refractivity contribution is -0.134. The number of amides is 2. The Morgan fingerprint density at radius 1 is 1.13 bits per heavy atom. The molecular weight excluding hydrogens is 396 g/mol. The molecule has 1 aliphatic rings. The Morgan fingerprint density at radius 3 is 2.58 bits per heavy atom. The van der Waals surface area contributed by atoms with Crippen molar-refractivity contribution in [3.05, 3.63) is 48.0 Å². The number of aromatic nitrogens is 4. The highest BCUT2D eigenvalue weighted by Crippen LogP contribution is 2.19. The zero-order chi connectivity index (χ0) is 21.8. The van der Waals surface area contributed by atoms with Crippen molar-refractivity contribution in [1.29, 1.82) is 0 Å². The van der Waals surface area contributed by atoms with Gasteiger partial charge in [0.2, 0.25) is 0 Å². The third-order valence-electron chi connectivity index (χ3n) is 5.29. The molecule has 0 atom stereocenters. The number of piperidine rings is 1. The molecule has 0 saturated carbocycles. The van der Waals surface area contributed by atoms with Crippen molar-refractivity contribution in [2.75, 3.05) is 25.0 Å². The highest BCUT2D eigenvalue weighted by molar-refractivity contribution is 6.03. The lowest BCUT2D eigenvalue weighted by Gasteiger charge is -2.26. The summed E-state index contributed by atoms with van der Waals surface area (Å²) in [5.74, 6) is 0.795. The van der Waals surface area contributed by atoms with Crippen LogP contribution in [0.1, 0.15) is 55.2 Å². The predicted molar refractivity (Wildman–Crippen MR) is 115 cm³/mol. The molecular formula is C22H26N6O3. The number of carbonyl (C=O) groups excluding carboxylic acids is 2. The van der Waals surface area contributed by atoms with Crippen molar-refractivity contribution >= 4 is 23.3 Å². The number of nitrogens with one attached hydrogen (secondary N) is 1. The molecule has 162 valence electrons. The van der Waals surface area contributed by atoms with E-state index in [-0.39, 0.29) is 30.0 Å². The Bertz CT molecular complexity index is 1070. The number of hydrogen-bond acceptors (Lipinski definition) is 6. The first kappa shape index (κ1) is 20.8. The molecule has 2 amide bonds. The molecule has 31 heavy (non-hydrogen) atoms. The molecule has 1 aliphatic heterocycles. The first-order chi connectivity index (χ1) is 15.0. The van der Waals surface area contributed by atoms with Crippen LogP contribution in [-0.2, 0) is 4.79 Å². The monoisotopic (exact) mass is 422 g/mol.